The van der Waals surface area contributed by atoms with Gasteiger partial charge in [-0.2, -0.15) is 5.26 Å². The first-order chi connectivity index (χ1) is 11.8. The summed E-state index contributed by atoms with van der Waals surface area (Å²) in [6.45, 7) is 3.45. The summed E-state index contributed by atoms with van der Waals surface area (Å²) in [5.74, 6) is -1.52. The number of nitrogens with zero attached hydrogens (tertiary/aromatic N) is 1. The van der Waals surface area contributed by atoms with Crippen LogP contribution in [0.1, 0.15) is 18.1 Å². The van der Waals surface area contributed by atoms with E-state index in [1.807, 2.05) is 13.0 Å². The van der Waals surface area contributed by atoms with Crippen LogP contribution >= 0.6 is 0 Å². The summed E-state index contributed by atoms with van der Waals surface area (Å²) in [7, 11) is -3.66. The number of nitriles is 1. The molecule has 2 N–H and O–H groups in total. The summed E-state index contributed by atoms with van der Waals surface area (Å²) in [6, 6.07) is 15.4. The van der Waals surface area contributed by atoms with E-state index in [1.54, 1.807) is 42.5 Å². The van der Waals surface area contributed by atoms with E-state index in [1.165, 1.54) is 13.0 Å². The Bertz CT molecular complexity index is 900. The molecule has 130 valence electrons. The standard InChI is InChI=1S/C18H19N3O3S/c1-13-6-8-16(9-7-13)21-25(23,24)12-14(2)18(22)20-17-5-3-4-15(10-17)11-19/h3-10,14,21H,12H2,1-2H3,(H,20,22). The zero-order chi connectivity index (χ0) is 18.4. The van der Waals surface area contributed by atoms with Crippen LogP contribution in [0.25, 0.3) is 0 Å². The van der Waals surface area contributed by atoms with Crippen LogP contribution < -0.4 is 10.0 Å². The van der Waals surface area contributed by atoms with Crippen molar-refractivity contribution in [1.82, 2.24) is 0 Å². The van der Waals surface area contributed by atoms with Gasteiger partial charge in [0.1, 0.15) is 0 Å². The maximum absolute atomic E-state index is 12.2. The van der Waals surface area contributed by atoms with Crippen molar-refractivity contribution in [1.29, 1.82) is 5.26 Å². The van der Waals surface area contributed by atoms with Gasteiger partial charge in [0.15, 0.2) is 0 Å². The molecule has 25 heavy (non-hydrogen) atoms. The molecule has 0 saturated carbocycles. The normalized spacial score (nSPS) is 12.0. The molecule has 0 saturated heterocycles. The highest BCUT2D eigenvalue weighted by Crippen LogP contribution is 2.15. The van der Waals surface area contributed by atoms with Gasteiger partial charge in [-0.3, -0.25) is 9.52 Å². The Labute approximate surface area is 147 Å². The minimum absolute atomic E-state index is 0.343. The number of aryl methyl sites for hydroxylation is 1. The van der Waals surface area contributed by atoms with Crippen LogP contribution in [0.15, 0.2) is 48.5 Å². The number of benzene rings is 2. The molecule has 0 aliphatic heterocycles. The summed E-state index contributed by atoms with van der Waals surface area (Å²) in [5.41, 5.74) is 2.36. The van der Waals surface area contributed by atoms with Crippen LogP contribution in [0, 0.1) is 24.2 Å². The Balaban J connectivity index is 1.99. The van der Waals surface area contributed by atoms with Crippen molar-refractivity contribution in [2.24, 2.45) is 5.92 Å². The molecule has 0 heterocycles. The second-order valence-electron chi connectivity index (χ2n) is 5.83. The molecule has 2 aromatic rings. The molecule has 1 atom stereocenters. The quantitative estimate of drug-likeness (QED) is 0.830. The van der Waals surface area contributed by atoms with Gasteiger partial charge in [0.25, 0.3) is 0 Å². The highest BCUT2D eigenvalue weighted by atomic mass is 32.2. The number of sulfonamides is 1. The fourth-order valence-corrected chi connectivity index (χ4v) is 3.57. The average Bonchev–Trinajstić information content (AvgIpc) is 2.56. The molecule has 1 amide bonds. The van der Waals surface area contributed by atoms with E-state index >= 15 is 0 Å². The molecule has 0 aliphatic rings. The third-order valence-corrected chi connectivity index (χ3v) is 4.99. The molecule has 0 spiro atoms. The summed E-state index contributed by atoms with van der Waals surface area (Å²) in [5, 5.41) is 11.5. The van der Waals surface area contributed by atoms with E-state index in [2.05, 4.69) is 10.0 Å². The zero-order valence-electron chi connectivity index (χ0n) is 14.0. The molecule has 7 heteroatoms. The molecule has 0 radical (unpaired) electrons. The number of nitrogens with one attached hydrogen (secondary N) is 2. The summed E-state index contributed by atoms with van der Waals surface area (Å²) in [4.78, 5) is 12.2. The SMILES string of the molecule is Cc1ccc(NS(=O)(=O)CC(C)C(=O)Nc2cccc(C#N)c2)cc1. The predicted octanol–water partition coefficient (Wildman–Crippen LogP) is 2.88. The number of rotatable bonds is 6. The summed E-state index contributed by atoms with van der Waals surface area (Å²) < 4.78 is 26.9. The van der Waals surface area contributed by atoms with Crippen molar-refractivity contribution in [3.8, 4) is 6.07 Å². The Kier molecular flexibility index (Phi) is 5.78. The molecular weight excluding hydrogens is 338 g/mol. The molecule has 2 rings (SSSR count). The van der Waals surface area contributed by atoms with Crippen LogP contribution in [-0.4, -0.2) is 20.1 Å². The number of hydrogen-bond donors (Lipinski definition) is 2. The first kappa shape index (κ1) is 18.5. The molecule has 6 nitrogen and oxygen atoms in total. The maximum atomic E-state index is 12.2. The number of amides is 1. The van der Waals surface area contributed by atoms with Crippen molar-refractivity contribution < 1.29 is 13.2 Å². The topological polar surface area (TPSA) is 99.1 Å². The molecule has 1 unspecified atom stereocenters. The van der Waals surface area contributed by atoms with Crippen molar-refractivity contribution in [2.45, 2.75) is 13.8 Å². The highest BCUT2D eigenvalue weighted by molar-refractivity contribution is 7.92. The lowest BCUT2D eigenvalue weighted by Crippen LogP contribution is -2.29. The zero-order valence-corrected chi connectivity index (χ0v) is 14.8. The van der Waals surface area contributed by atoms with E-state index < -0.39 is 21.8 Å². The third-order valence-electron chi connectivity index (χ3n) is 3.50. The van der Waals surface area contributed by atoms with E-state index in [4.69, 9.17) is 5.26 Å². The van der Waals surface area contributed by atoms with Crippen LogP contribution in [0.4, 0.5) is 11.4 Å². The van der Waals surface area contributed by atoms with Gasteiger partial charge in [-0.1, -0.05) is 30.7 Å². The smallest absolute Gasteiger partial charge is 0.233 e. The summed E-state index contributed by atoms with van der Waals surface area (Å²) >= 11 is 0. The molecule has 2 aromatic carbocycles. The van der Waals surface area contributed by atoms with Crippen molar-refractivity contribution in [2.75, 3.05) is 15.8 Å². The van der Waals surface area contributed by atoms with Gasteiger partial charge in [0, 0.05) is 11.4 Å². The first-order valence-corrected chi connectivity index (χ1v) is 9.32. The minimum Gasteiger partial charge on any atom is -0.326 e. The second-order valence-corrected chi connectivity index (χ2v) is 7.60. The van der Waals surface area contributed by atoms with E-state index in [9.17, 15) is 13.2 Å². The van der Waals surface area contributed by atoms with Gasteiger partial charge < -0.3 is 5.32 Å². The van der Waals surface area contributed by atoms with Gasteiger partial charge in [-0.15, -0.1) is 0 Å². The fourth-order valence-electron chi connectivity index (χ4n) is 2.18. The van der Waals surface area contributed by atoms with E-state index in [0.717, 1.165) is 5.56 Å². The monoisotopic (exact) mass is 357 g/mol. The molecule has 0 bridgehead atoms. The Morgan fingerprint density at radius 3 is 2.48 bits per heavy atom. The third kappa shape index (κ3) is 5.62. The average molecular weight is 357 g/mol. The van der Waals surface area contributed by atoms with Crippen LogP contribution in [-0.2, 0) is 14.8 Å². The lowest BCUT2D eigenvalue weighted by Gasteiger charge is -2.14. The Morgan fingerprint density at radius 1 is 1.16 bits per heavy atom. The van der Waals surface area contributed by atoms with Gasteiger partial charge in [0.05, 0.1) is 23.3 Å². The van der Waals surface area contributed by atoms with Crippen molar-refractivity contribution in [3.05, 3.63) is 59.7 Å². The van der Waals surface area contributed by atoms with E-state index in [0.29, 0.717) is 16.9 Å². The number of carbonyl (C=O) groups excluding carboxylic acids is 1. The Hall–Kier alpha value is -2.85. The first-order valence-electron chi connectivity index (χ1n) is 7.67. The van der Waals surface area contributed by atoms with Crippen molar-refractivity contribution in [3.63, 3.8) is 0 Å². The molecular formula is C18H19N3O3S. The van der Waals surface area contributed by atoms with Gasteiger partial charge in [0.2, 0.25) is 15.9 Å². The van der Waals surface area contributed by atoms with Gasteiger partial charge in [-0.05, 0) is 37.3 Å². The van der Waals surface area contributed by atoms with Crippen molar-refractivity contribution >= 4 is 27.3 Å². The summed E-state index contributed by atoms with van der Waals surface area (Å²) in [6.07, 6.45) is 0. The Morgan fingerprint density at radius 2 is 1.84 bits per heavy atom. The number of hydrogen-bond acceptors (Lipinski definition) is 4. The lowest BCUT2D eigenvalue weighted by atomic mass is 10.2. The fraction of sp³-hybridized carbons (Fsp3) is 0.222. The van der Waals surface area contributed by atoms with Crippen LogP contribution in [0.2, 0.25) is 0 Å². The molecule has 0 aliphatic carbocycles. The lowest BCUT2D eigenvalue weighted by molar-refractivity contribution is -0.118. The predicted molar refractivity (Wildman–Crippen MR) is 97.5 cm³/mol. The van der Waals surface area contributed by atoms with E-state index in [-0.39, 0.29) is 5.75 Å². The molecule has 0 aromatic heterocycles. The highest BCUT2D eigenvalue weighted by Gasteiger charge is 2.21. The maximum Gasteiger partial charge on any atom is 0.233 e. The molecule has 0 fully saturated rings. The largest absolute Gasteiger partial charge is 0.326 e. The van der Waals surface area contributed by atoms with Crippen LogP contribution in [0.3, 0.4) is 0 Å². The second kappa shape index (κ2) is 7.81. The van der Waals surface area contributed by atoms with Gasteiger partial charge in [-0.25, -0.2) is 8.42 Å². The number of carbonyl (C=O) groups is 1. The minimum atomic E-state index is -3.66. The number of anilines is 2. The van der Waals surface area contributed by atoms with Crippen LogP contribution in [0.5, 0.6) is 0 Å². The van der Waals surface area contributed by atoms with Gasteiger partial charge >= 0.3 is 0 Å².